The highest BCUT2D eigenvalue weighted by molar-refractivity contribution is 5.96. The number of benzene rings is 2. The molecule has 1 atom stereocenters. The lowest BCUT2D eigenvalue weighted by Gasteiger charge is -2.12. The number of carbonyl (C=O) groups excluding carboxylic acids is 2. The van der Waals surface area contributed by atoms with Crippen LogP contribution >= 0.6 is 0 Å². The average molecular weight is 405 g/mol. The van der Waals surface area contributed by atoms with Crippen LogP contribution in [0.4, 0.5) is 14.5 Å². The number of hydrogen-bond acceptors (Lipinski definition) is 5. The quantitative estimate of drug-likeness (QED) is 0.532. The van der Waals surface area contributed by atoms with Crippen molar-refractivity contribution in [3.63, 3.8) is 0 Å². The standard InChI is InChI=1S/C21H21F2NO5/c1-4-28-18-9-5-14(11-19(18)27-3)6-10-20(25)29-13(2)21(26)24-15-7-8-16(22)17(23)12-15/h5-13H,4H2,1-3H3,(H,24,26)/b10-6+/t13-/m1/s1. The van der Waals surface area contributed by atoms with Crippen LogP contribution in [-0.2, 0) is 14.3 Å². The first-order valence-electron chi connectivity index (χ1n) is 8.79. The highest BCUT2D eigenvalue weighted by Gasteiger charge is 2.17. The molecule has 0 saturated carbocycles. The van der Waals surface area contributed by atoms with Gasteiger partial charge in [0.1, 0.15) is 0 Å². The first-order valence-corrected chi connectivity index (χ1v) is 8.79. The zero-order chi connectivity index (χ0) is 21.4. The molecule has 1 amide bonds. The lowest BCUT2D eigenvalue weighted by molar-refractivity contribution is -0.148. The fourth-order valence-corrected chi connectivity index (χ4v) is 2.31. The summed E-state index contributed by atoms with van der Waals surface area (Å²) in [6.07, 6.45) is 1.52. The van der Waals surface area contributed by atoms with Crippen LogP contribution in [0, 0.1) is 11.6 Å². The lowest BCUT2D eigenvalue weighted by Crippen LogP contribution is -2.29. The Labute approximate surface area is 167 Å². The van der Waals surface area contributed by atoms with Crippen molar-refractivity contribution >= 4 is 23.6 Å². The van der Waals surface area contributed by atoms with Gasteiger partial charge in [0, 0.05) is 17.8 Å². The topological polar surface area (TPSA) is 73.9 Å². The number of halogens is 2. The molecule has 0 radical (unpaired) electrons. The van der Waals surface area contributed by atoms with Crippen molar-refractivity contribution in [2.75, 3.05) is 19.0 Å². The van der Waals surface area contributed by atoms with Gasteiger partial charge in [-0.1, -0.05) is 6.07 Å². The summed E-state index contributed by atoms with van der Waals surface area (Å²) in [4.78, 5) is 24.0. The molecule has 0 unspecified atom stereocenters. The van der Waals surface area contributed by atoms with Gasteiger partial charge in [-0.05, 0) is 49.8 Å². The second kappa shape index (κ2) is 10.2. The number of anilines is 1. The van der Waals surface area contributed by atoms with Crippen LogP contribution in [0.25, 0.3) is 6.08 Å². The van der Waals surface area contributed by atoms with Crippen molar-refractivity contribution in [1.29, 1.82) is 0 Å². The number of methoxy groups -OCH3 is 1. The maximum Gasteiger partial charge on any atom is 0.331 e. The van der Waals surface area contributed by atoms with Gasteiger partial charge in [0.05, 0.1) is 13.7 Å². The Morgan fingerprint density at radius 2 is 1.86 bits per heavy atom. The molecule has 2 aromatic rings. The first kappa shape index (κ1) is 21.9. The van der Waals surface area contributed by atoms with Crippen LogP contribution in [0.1, 0.15) is 19.4 Å². The Kier molecular flexibility index (Phi) is 7.70. The molecule has 1 N–H and O–H groups in total. The maximum atomic E-state index is 13.2. The van der Waals surface area contributed by atoms with E-state index in [1.54, 1.807) is 18.2 Å². The van der Waals surface area contributed by atoms with Crippen molar-refractivity contribution in [2.24, 2.45) is 0 Å². The molecule has 8 heteroatoms. The molecular weight excluding hydrogens is 384 g/mol. The molecule has 6 nitrogen and oxygen atoms in total. The van der Waals surface area contributed by atoms with Gasteiger partial charge in [0.15, 0.2) is 29.2 Å². The summed E-state index contributed by atoms with van der Waals surface area (Å²) in [7, 11) is 1.51. The summed E-state index contributed by atoms with van der Waals surface area (Å²) < 4.78 is 41.8. The second-order valence-corrected chi connectivity index (χ2v) is 5.87. The molecular formula is C21H21F2NO5. The third-order valence-corrected chi connectivity index (χ3v) is 3.75. The summed E-state index contributed by atoms with van der Waals surface area (Å²) in [5, 5.41) is 2.34. The largest absolute Gasteiger partial charge is 0.493 e. The molecule has 0 aliphatic rings. The second-order valence-electron chi connectivity index (χ2n) is 5.87. The molecule has 0 aromatic heterocycles. The Bertz CT molecular complexity index is 914. The minimum Gasteiger partial charge on any atom is -0.493 e. The van der Waals surface area contributed by atoms with Gasteiger partial charge in [0.2, 0.25) is 0 Å². The van der Waals surface area contributed by atoms with Crippen molar-refractivity contribution < 1.29 is 32.6 Å². The van der Waals surface area contributed by atoms with Crippen molar-refractivity contribution in [2.45, 2.75) is 20.0 Å². The Balaban J connectivity index is 1.95. The summed E-state index contributed by atoms with van der Waals surface area (Å²) in [5.74, 6) is -2.45. The van der Waals surface area contributed by atoms with E-state index in [2.05, 4.69) is 5.32 Å². The van der Waals surface area contributed by atoms with E-state index in [1.165, 1.54) is 26.2 Å². The molecule has 0 spiro atoms. The monoisotopic (exact) mass is 405 g/mol. The molecule has 0 saturated heterocycles. The predicted molar refractivity (Wildman–Crippen MR) is 104 cm³/mol. The molecule has 0 heterocycles. The van der Waals surface area contributed by atoms with E-state index in [-0.39, 0.29) is 5.69 Å². The number of ether oxygens (including phenoxy) is 3. The minimum absolute atomic E-state index is 0.0498. The summed E-state index contributed by atoms with van der Waals surface area (Å²) in [6, 6.07) is 8.05. The zero-order valence-corrected chi connectivity index (χ0v) is 16.2. The van der Waals surface area contributed by atoms with E-state index < -0.39 is 29.6 Å². The van der Waals surface area contributed by atoms with Crippen LogP contribution < -0.4 is 14.8 Å². The molecule has 0 aliphatic carbocycles. The van der Waals surface area contributed by atoms with E-state index in [1.807, 2.05) is 6.92 Å². The van der Waals surface area contributed by atoms with E-state index in [0.29, 0.717) is 23.7 Å². The molecule has 154 valence electrons. The van der Waals surface area contributed by atoms with Gasteiger partial charge in [-0.25, -0.2) is 13.6 Å². The van der Waals surface area contributed by atoms with E-state index in [4.69, 9.17) is 14.2 Å². The molecule has 2 rings (SSSR count). The van der Waals surface area contributed by atoms with E-state index in [9.17, 15) is 18.4 Å². The zero-order valence-electron chi connectivity index (χ0n) is 16.2. The van der Waals surface area contributed by atoms with Crippen LogP contribution in [0.5, 0.6) is 11.5 Å². The lowest BCUT2D eigenvalue weighted by atomic mass is 10.2. The molecule has 0 bridgehead atoms. The maximum absolute atomic E-state index is 13.2. The summed E-state index contributed by atoms with van der Waals surface area (Å²) in [5.41, 5.74) is 0.718. The van der Waals surface area contributed by atoms with Gasteiger partial charge in [0.25, 0.3) is 5.91 Å². The van der Waals surface area contributed by atoms with Crippen molar-refractivity contribution in [3.05, 3.63) is 59.7 Å². The first-order chi connectivity index (χ1) is 13.8. The fourth-order valence-electron chi connectivity index (χ4n) is 2.31. The Hall–Kier alpha value is -3.42. The van der Waals surface area contributed by atoms with Gasteiger partial charge < -0.3 is 19.5 Å². The third-order valence-electron chi connectivity index (χ3n) is 3.75. The number of amides is 1. The van der Waals surface area contributed by atoms with Crippen molar-refractivity contribution in [1.82, 2.24) is 0 Å². The van der Waals surface area contributed by atoms with E-state index >= 15 is 0 Å². The van der Waals surface area contributed by atoms with Crippen LogP contribution in [0.3, 0.4) is 0 Å². The van der Waals surface area contributed by atoms with Crippen LogP contribution in [0.2, 0.25) is 0 Å². The number of nitrogens with one attached hydrogen (secondary N) is 1. The van der Waals surface area contributed by atoms with Gasteiger partial charge in [-0.2, -0.15) is 0 Å². The Morgan fingerprint density at radius 3 is 2.52 bits per heavy atom. The van der Waals surface area contributed by atoms with Crippen LogP contribution in [-0.4, -0.2) is 31.7 Å². The van der Waals surface area contributed by atoms with Gasteiger partial charge in [-0.15, -0.1) is 0 Å². The molecule has 0 aliphatic heterocycles. The fraction of sp³-hybridized carbons (Fsp3) is 0.238. The normalized spacial score (nSPS) is 11.8. The SMILES string of the molecule is CCOc1ccc(/C=C/C(=O)O[C@H](C)C(=O)Nc2ccc(F)c(F)c2)cc1OC. The number of hydrogen-bond donors (Lipinski definition) is 1. The summed E-state index contributed by atoms with van der Waals surface area (Å²) >= 11 is 0. The minimum atomic E-state index is -1.14. The molecule has 2 aromatic carbocycles. The van der Waals surface area contributed by atoms with Gasteiger partial charge in [-0.3, -0.25) is 4.79 Å². The highest BCUT2D eigenvalue weighted by Crippen LogP contribution is 2.28. The Morgan fingerprint density at radius 1 is 1.10 bits per heavy atom. The number of rotatable bonds is 8. The highest BCUT2D eigenvalue weighted by atomic mass is 19.2. The number of carbonyl (C=O) groups is 2. The predicted octanol–water partition coefficient (Wildman–Crippen LogP) is 3.96. The van der Waals surface area contributed by atoms with Crippen molar-refractivity contribution in [3.8, 4) is 11.5 Å². The van der Waals surface area contributed by atoms with Gasteiger partial charge >= 0.3 is 5.97 Å². The van der Waals surface area contributed by atoms with E-state index in [0.717, 1.165) is 18.2 Å². The molecule has 29 heavy (non-hydrogen) atoms. The third kappa shape index (κ3) is 6.31. The van der Waals surface area contributed by atoms with Crippen LogP contribution in [0.15, 0.2) is 42.5 Å². The smallest absolute Gasteiger partial charge is 0.331 e. The number of esters is 1. The summed E-state index contributed by atoms with van der Waals surface area (Å²) in [6.45, 7) is 3.70. The molecule has 0 fully saturated rings. The average Bonchev–Trinajstić information content (AvgIpc) is 2.70.